The van der Waals surface area contributed by atoms with E-state index >= 15 is 8.78 Å². The van der Waals surface area contributed by atoms with Crippen LogP contribution in [0.5, 0.6) is 0 Å². The Kier molecular flexibility index (Phi) is 9.01. The summed E-state index contributed by atoms with van der Waals surface area (Å²) in [7, 11) is 0. The third-order valence-electron chi connectivity index (χ3n) is 13.2. The third kappa shape index (κ3) is 6.04. The zero-order valence-corrected chi connectivity index (χ0v) is 34.0. The molecule has 14 heteroatoms. The monoisotopic (exact) mass is 848 g/mol. The van der Waals surface area contributed by atoms with Gasteiger partial charge in [-0.15, -0.1) is 0 Å². The van der Waals surface area contributed by atoms with Crippen molar-refractivity contribution < 1.29 is 18.4 Å². The number of fused-ring (bicyclic) bond motifs is 7. The molecule has 0 radical (unpaired) electrons. The molecule has 4 fully saturated rings. The molecular formula is C44H43BrF2N8O3. The Hall–Kier alpha value is -5.08. The zero-order valence-electron chi connectivity index (χ0n) is 32.4. The summed E-state index contributed by atoms with van der Waals surface area (Å²) < 4.78 is 33.4. The fourth-order valence-electron chi connectivity index (χ4n) is 10.2. The van der Waals surface area contributed by atoms with Gasteiger partial charge >= 0.3 is 0 Å². The first-order chi connectivity index (χ1) is 28.0. The number of rotatable bonds is 6. The quantitative estimate of drug-likeness (QED) is 0.165. The average molecular weight is 850 g/mol. The Labute approximate surface area is 342 Å². The van der Waals surface area contributed by atoms with Gasteiger partial charge in [0.15, 0.2) is 11.6 Å². The van der Waals surface area contributed by atoms with Gasteiger partial charge in [0.1, 0.15) is 11.5 Å². The molecule has 0 aliphatic carbocycles. The topological polar surface area (TPSA) is 108 Å². The van der Waals surface area contributed by atoms with Crippen molar-refractivity contribution in [1.82, 2.24) is 24.4 Å². The lowest BCUT2D eigenvalue weighted by Crippen LogP contribution is -2.53. The molecule has 3 aromatic carbocycles. The summed E-state index contributed by atoms with van der Waals surface area (Å²) in [6.45, 7) is 8.16. The van der Waals surface area contributed by atoms with Gasteiger partial charge in [-0.25, -0.2) is 23.6 Å². The van der Waals surface area contributed by atoms with Gasteiger partial charge in [0.25, 0.3) is 5.56 Å². The van der Waals surface area contributed by atoms with Crippen LogP contribution in [-0.4, -0.2) is 74.5 Å². The number of amides is 2. The van der Waals surface area contributed by atoms with Crippen molar-refractivity contribution in [3.05, 3.63) is 110 Å². The number of aromatic nitrogens is 4. The van der Waals surface area contributed by atoms with E-state index in [1.165, 1.54) is 17.8 Å². The van der Waals surface area contributed by atoms with Gasteiger partial charge in [-0.1, -0.05) is 12.1 Å². The smallest absolute Gasteiger partial charge is 0.281 e. The van der Waals surface area contributed by atoms with Crippen LogP contribution in [0.1, 0.15) is 87.2 Å². The molecule has 10 rings (SSSR count). The molecule has 5 aliphatic heterocycles. The molecule has 0 spiro atoms. The van der Waals surface area contributed by atoms with E-state index in [-0.39, 0.29) is 24.3 Å². The van der Waals surface area contributed by atoms with Crippen molar-refractivity contribution in [2.24, 2.45) is 0 Å². The molecule has 2 aromatic heterocycles. The van der Waals surface area contributed by atoms with Crippen LogP contribution in [0.4, 0.5) is 26.1 Å². The SMILES string of the molecule is CC1(C)c2ccc(N3CC4CCC(C3)N4Cc3cnc(N4CCC(c5cc(F)c(N6C(=O)CCCC6=O)c(F)c5)CC4)nc3)cc2-n2c1nc(=O)c1c(Br)cccc12. The minimum atomic E-state index is -0.881. The van der Waals surface area contributed by atoms with Crippen molar-refractivity contribution in [2.75, 3.05) is 40.9 Å². The highest BCUT2D eigenvalue weighted by Crippen LogP contribution is 2.45. The number of imide groups is 1. The molecule has 11 nitrogen and oxygen atoms in total. The maximum atomic E-state index is 15.2. The van der Waals surface area contributed by atoms with Gasteiger partial charge in [0, 0.05) is 85.8 Å². The van der Waals surface area contributed by atoms with Gasteiger partial charge in [0.2, 0.25) is 17.8 Å². The summed E-state index contributed by atoms with van der Waals surface area (Å²) in [5, 5.41) is 0.594. The normalized spacial score (nSPS) is 21.9. The molecule has 298 valence electrons. The summed E-state index contributed by atoms with van der Waals surface area (Å²) in [4.78, 5) is 59.9. The summed E-state index contributed by atoms with van der Waals surface area (Å²) in [5.41, 5.74) is 4.68. The first-order valence-corrected chi connectivity index (χ1v) is 21.0. The second-order valence-electron chi connectivity index (χ2n) is 17.0. The van der Waals surface area contributed by atoms with Crippen LogP contribution in [0.3, 0.4) is 0 Å². The number of carbonyl (C=O) groups is 2. The minimum Gasteiger partial charge on any atom is -0.368 e. The van der Waals surface area contributed by atoms with Crippen LogP contribution in [0.25, 0.3) is 16.6 Å². The van der Waals surface area contributed by atoms with Crippen LogP contribution in [-0.2, 0) is 21.5 Å². The molecular weight excluding hydrogens is 806 g/mol. The summed E-state index contributed by atoms with van der Waals surface area (Å²) in [6.07, 6.45) is 8.03. The van der Waals surface area contributed by atoms with Crippen molar-refractivity contribution >= 4 is 56.0 Å². The fourth-order valence-corrected chi connectivity index (χ4v) is 10.7. The van der Waals surface area contributed by atoms with E-state index in [1.54, 1.807) is 0 Å². The Balaban J connectivity index is 0.794. The van der Waals surface area contributed by atoms with Gasteiger partial charge in [0.05, 0.1) is 22.0 Å². The molecule has 5 aromatic rings. The minimum absolute atomic E-state index is 0.0694. The fraction of sp³-hybridized carbons (Fsp3) is 0.409. The summed E-state index contributed by atoms with van der Waals surface area (Å²) in [6, 6.07) is 15.9. The highest BCUT2D eigenvalue weighted by atomic mass is 79.9. The van der Waals surface area contributed by atoms with E-state index in [1.807, 2.05) is 30.6 Å². The van der Waals surface area contributed by atoms with Gasteiger partial charge in [-0.3, -0.25) is 23.9 Å². The van der Waals surface area contributed by atoms with Crippen LogP contribution in [0.15, 0.2) is 70.2 Å². The Morgan fingerprint density at radius 3 is 2.19 bits per heavy atom. The predicted molar refractivity (Wildman–Crippen MR) is 221 cm³/mol. The molecule has 0 N–H and O–H groups in total. The van der Waals surface area contributed by atoms with E-state index in [9.17, 15) is 14.4 Å². The first kappa shape index (κ1) is 37.2. The van der Waals surface area contributed by atoms with Crippen LogP contribution in [0.2, 0.25) is 0 Å². The lowest BCUT2D eigenvalue weighted by Gasteiger charge is -2.42. The van der Waals surface area contributed by atoms with E-state index in [4.69, 9.17) is 9.97 Å². The maximum Gasteiger partial charge on any atom is 0.281 e. The number of halogens is 3. The zero-order chi connectivity index (χ0) is 40.0. The van der Waals surface area contributed by atoms with E-state index in [0.29, 0.717) is 66.2 Å². The molecule has 2 bridgehead atoms. The van der Waals surface area contributed by atoms with Gasteiger partial charge in [-0.2, -0.15) is 4.98 Å². The summed E-state index contributed by atoms with van der Waals surface area (Å²) >= 11 is 3.59. The van der Waals surface area contributed by atoms with Crippen molar-refractivity contribution in [2.45, 2.75) is 88.8 Å². The van der Waals surface area contributed by atoms with Crippen LogP contribution in [0, 0.1) is 11.6 Å². The van der Waals surface area contributed by atoms with Crippen molar-refractivity contribution in [3.8, 4) is 5.69 Å². The van der Waals surface area contributed by atoms with Crippen molar-refractivity contribution in [1.29, 1.82) is 0 Å². The third-order valence-corrected chi connectivity index (χ3v) is 13.8. The van der Waals surface area contributed by atoms with Gasteiger partial charge < -0.3 is 9.80 Å². The Morgan fingerprint density at radius 1 is 0.845 bits per heavy atom. The lowest BCUT2D eigenvalue weighted by atomic mass is 9.85. The molecule has 5 aliphatic rings. The number of hydrogen-bond donors (Lipinski definition) is 0. The van der Waals surface area contributed by atoms with Crippen molar-refractivity contribution in [3.63, 3.8) is 0 Å². The molecule has 4 saturated heterocycles. The second-order valence-corrected chi connectivity index (χ2v) is 17.8. The highest BCUT2D eigenvalue weighted by Gasteiger charge is 2.42. The Bertz CT molecular complexity index is 2520. The molecule has 2 unspecified atom stereocenters. The first-order valence-electron chi connectivity index (χ1n) is 20.2. The lowest BCUT2D eigenvalue weighted by molar-refractivity contribution is -0.129. The number of anilines is 3. The van der Waals surface area contributed by atoms with E-state index in [0.717, 1.165) is 65.1 Å². The molecule has 0 saturated carbocycles. The number of carbonyl (C=O) groups excluding carboxylic acids is 2. The molecule has 7 heterocycles. The number of piperazine rings is 1. The maximum absolute atomic E-state index is 15.2. The van der Waals surface area contributed by atoms with Crippen LogP contribution >= 0.6 is 15.9 Å². The number of benzene rings is 3. The summed E-state index contributed by atoms with van der Waals surface area (Å²) in [5.74, 6) is -1.56. The van der Waals surface area contributed by atoms with Gasteiger partial charge in [-0.05, 0) is 115 Å². The Morgan fingerprint density at radius 2 is 1.52 bits per heavy atom. The number of piperidine rings is 2. The largest absolute Gasteiger partial charge is 0.368 e. The molecule has 2 amide bonds. The molecule has 2 atom stereocenters. The number of hydrogen-bond acceptors (Lipinski definition) is 9. The number of nitrogens with zero attached hydrogens (tertiary/aromatic N) is 8. The second kappa shape index (κ2) is 14.0. The van der Waals surface area contributed by atoms with Crippen LogP contribution < -0.4 is 20.3 Å². The van der Waals surface area contributed by atoms with E-state index in [2.05, 4.69) is 72.2 Å². The molecule has 58 heavy (non-hydrogen) atoms. The highest BCUT2D eigenvalue weighted by molar-refractivity contribution is 9.10. The standard InChI is InChI=1S/C44H43BrF2N8O3/c1-44(2)31-12-11-28(19-36(31)54-35-6-3-5-32(45)39(35)41(58)50-42(44)54)52-23-29-9-10-30(24-52)53(29)22-25-20-48-43(49-21-25)51-15-13-26(14-16-51)27-17-33(46)40(34(47)18-27)55-37(56)7-4-8-38(55)57/h3,5-6,11-12,17-21,26,29-30H,4,7-10,13-16,22-24H2,1-2H3. The predicted octanol–water partition coefficient (Wildman–Crippen LogP) is 7.14. The average Bonchev–Trinajstić information content (AvgIpc) is 3.56. The van der Waals surface area contributed by atoms with E-state index < -0.39 is 34.6 Å².